The molecule has 2 aromatic carbocycles. The molecule has 0 radical (unpaired) electrons. The van der Waals surface area contributed by atoms with Crippen molar-refractivity contribution in [1.29, 1.82) is 0 Å². The molecule has 33 heavy (non-hydrogen) atoms. The van der Waals surface area contributed by atoms with Crippen LogP contribution >= 0.6 is 15.9 Å². The second-order valence-electron chi connectivity index (χ2n) is 9.29. The third-order valence-electron chi connectivity index (χ3n) is 6.96. The van der Waals surface area contributed by atoms with Gasteiger partial charge in [-0.3, -0.25) is 4.90 Å². The zero-order valence-corrected chi connectivity index (χ0v) is 20.4. The Morgan fingerprint density at radius 2 is 1.79 bits per heavy atom. The number of benzene rings is 2. The minimum Gasteiger partial charge on any atom is -0.486 e. The molecule has 0 N–H and O–H groups in total. The van der Waals surface area contributed by atoms with Gasteiger partial charge in [0.1, 0.15) is 19.3 Å². The first-order valence-corrected chi connectivity index (χ1v) is 12.7. The fourth-order valence-corrected chi connectivity index (χ4v) is 5.41. The molecular weight excluding hydrogens is 484 g/mol. The normalized spacial score (nSPS) is 23.5. The number of ether oxygens (including phenoxy) is 3. The van der Waals surface area contributed by atoms with Crippen molar-refractivity contribution in [2.45, 2.75) is 37.8 Å². The predicted octanol–water partition coefficient (Wildman–Crippen LogP) is 4.75. The summed E-state index contributed by atoms with van der Waals surface area (Å²) < 4.78 is 18.4. The fourth-order valence-electron chi connectivity index (χ4n) is 5.07. The largest absolute Gasteiger partial charge is 0.486 e. The summed E-state index contributed by atoms with van der Waals surface area (Å²) in [4.78, 5) is 16.7. The van der Waals surface area contributed by atoms with E-state index in [2.05, 4.69) is 33.0 Å². The molecule has 0 aromatic heterocycles. The zero-order valence-electron chi connectivity index (χ0n) is 18.8. The van der Waals surface area contributed by atoms with Gasteiger partial charge < -0.3 is 19.1 Å². The number of rotatable bonds is 7. The number of amides is 1. The van der Waals surface area contributed by atoms with Gasteiger partial charge in [-0.2, -0.15) is 0 Å². The number of nitrogens with zero attached hydrogens (tertiary/aromatic N) is 2. The third kappa shape index (κ3) is 5.64. The van der Waals surface area contributed by atoms with Crippen LogP contribution in [-0.2, 0) is 11.2 Å². The molecule has 3 heterocycles. The molecule has 176 valence electrons. The highest BCUT2D eigenvalue weighted by Crippen LogP contribution is 2.34. The number of carbonyl (C=O) groups is 1. The number of hydrogen-bond acceptors (Lipinski definition) is 5. The lowest BCUT2D eigenvalue weighted by atomic mass is 9.93. The van der Waals surface area contributed by atoms with Gasteiger partial charge in [0.15, 0.2) is 11.5 Å². The monoisotopic (exact) mass is 514 g/mol. The summed E-state index contributed by atoms with van der Waals surface area (Å²) >= 11 is 3.50. The number of cyclic esters (lactones) is 1. The molecule has 0 saturated carbocycles. The molecule has 1 amide bonds. The Balaban J connectivity index is 1.06. The molecule has 3 aliphatic rings. The van der Waals surface area contributed by atoms with E-state index in [0.717, 1.165) is 67.8 Å². The van der Waals surface area contributed by atoms with E-state index in [1.807, 2.05) is 41.3 Å². The van der Waals surface area contributed by atoms with E-state index in [-0.39, 0.29) is 18.2 Å². The number of likely N-dealkylation sites (tertiary alicyclic amines) is 1. The van der Waals surface area contributed by atoms with Crippen LogP contribution < -0.4 is 9.47 Å². The van der Waals surface area contributed by atoms with Crippen LogP contribution in [0, 0.1) is 5.92 Å². The van der Waals surface area contributed by atoms with Crippen molar-refractivity contribution in [3.8, 4) is 11.5 Å². The van der Waals surface area contributed by atoms with Gasteiger partial charge in [-0.1, -0.05) is 46.3 Å². The summed E-state index contributed by atoms with van der Waals surface area (Å²) in [5.41, 5.74) is 1.25. The van der Waals surface area contributed by atoms with Gasteiger partial charge in [0.25, 0.3) is 0 Å². The van der Waals surface area contributed by atoms with E-state index >= 15 is 0 Å². The summed E-state index contributed by atoms with van der Waals surface area (Å²) in [5, 5.41) is 0. The molecule has 2 saturated heterocycles. The van der Waals surface area contributed by atoms with Gasteiger partial charge in [0.05, 0.1) is 6.04 Å². The van der Waals surface area contributed by atoms with E-state index in [1.54, 1.807) is 0 Å². The van der Waals surface area contributed by atoms with Crippen LogP contribution in [0.2, 0.25) is 0 Å². The van der Waals surface area contributed by atoms with E-state index in [0.29, 0.717) is 19.1 Å². The van der Waals surface area contributed by atoms with Crippen LogP contribution in [0.5, 0.6) is 11.5 Å². The second-order valence-corrected chi connectivity index (χ2v) is 10.2. The van der Waals surface area contributed by atoms with Gasteiger partial charge in [-0.05, 0) is 68.5 Å². The SMILES string of the molecule is O=C1OC[C@H](Cc2ccccc2)N1CCC1CCN(C[C@H]2COc3ccc(Br)cc3O2)CC1. The fraction of sp³-hybridized carbons (Fsp3) is 0.500. The molecule has 2 aromatic rings. The highest BCUT2D eigenvalue weighted by Gasteiger charge is 2.33. The highest BCUT2D eigenvalue weighted by molar-refractivity contribution is 9.10. The third-order valence-corrected chi connectivity index (χ3v) is 7.45. The number of hydrogen-bond donors (Lipinski definition) is 0. The molecule has 0 unspecified atom stereocenters. The number of piperidine rings is 1. The smallest absolute Gasteiger partial charge is 0.410 e. The topological polar surface area (TPSA) is 51.2 Å². The minimum atomic E-state index is -0.158. The Bertz CT molecular complexity index is 949. The van der Waals surface area contributed by atoms with Crippen molar-refractivity contribution >= 4 is 22.0 Å². The Morgan fingerprint density at radius 1 is 0.970 bits per heavy atom. The quantitative estimate of drug-likeness (QED) is 0.533. The Morgan fingerprint density at radius 3 is 2.61 bits per heavy atom. The molecule has 2 fully saturated rings. The van der Waals surface area contributed by atoms with Crippen LogP contribution in [0.15, 0.2) is 53.0 Å². The van der Waals surface area contributed by atoms with Crippen molar-refractivity contribution in [3.05, 3.63) is 58.6 Å². The van der Waals surface area contributed by atoms with E-state index in [9.17, 15) is 4.79 Å². The second kappa shape index (κ2) is 10.3. The predicted molar refractivity (Wildman–Crippen MR) is 130 cm³/mol. The van der Waals surface area contributed by atoms with Crippen molar-refractivity contribution in [3.63, 3.8) is 0 Å². The first-order chi connectivity index (χ1) is 16.1. The van der Waals surface area contributed by atoms with Gasteiger partial charge >= 0.3 is 6.09 Å². The van der Waals surface area contributed by atoms with Crippen molar-refractivity contribution < 1.29 is 19.0 Å². The Labute approximate surface area is 203 Å². The Hall–Kier alpha value is -2.25. The molecule has 0 aliphatic carbocycles. The summed E-state index contributed by atoms with van der Waals surface area (Å²) in [6, 6.07) is 16.4. The Kier molecular flexibility index (Phi) is 7.07. The molecular formula is C26H31BrN2O4. The van der Waals surface area contributed by atoms with Crippen molar-refractivity contribution in [2.75, 3.05) is 39.4 Å². The zero-order chi connectivity index (χ0) is 22.6. The van der Waals surface area contributed by atoms with Gasteiger partial charge in [-0.15, -0.1) is 0 Å². The molecule has 7 heteroatoms. The van der Waals surface area contributed by atoms with Crippen LogP contribution in [-0.4, -0.2) is 67.4 Å². The maximum atomic E-state index is 12.3. The first-order valence-electron chi connectivity index (χ1n) is 11.9. The molecule has 0 spiro atoms. The van der Waals surface area contributed by atoms with E-state index in [1.165, 1.54) is 5.56 Å². The van der Waals surface area contributed by atoms with Crippen LogP contribution in [0.25, 0.3) is 0 Å². The standard InChI is InChI=1S/C26H31BrN2O4/c27-21-6-7-24-25(15-21)33-23(18-31-24)16-28-11-8-19(9-12-28)10-13-29-22(17-32-26(29)30)14-20-4-2-1-3-5-20/h1-7,15,19,22-23H,8-14,16-18H2/t22-,23-/m0/s1. The molecule has 2 atom stereocenters. The van der Waals surface area contributed by atoms with Gasteiger partial charge in [-0.25, -0.2) is 4.79 Å². The van der Waals surface area contributed by atoms with Crippen LogP contribution in [0.4, 0.5) is 4.79 Å². The van der Waals surface area contributed by atoms with Crippen molar-refractivity contribution in [1.82, 2.24) is 9.80 Å². The maximum absolute atomic E-state index is 12.3. The summed E-state index contributed by atoms with van der Waals surface area (Å²) in [6.07, 6.45) is 4.10. The number of halogens is 1. The lowest BCUT2D eigenvalue weighted by Gasteiger charge is -2.36. The van der Waals surface area contributed by atoms with E-state index < -0.39 is 0 Å². The summed E-state index contributed by atoms with van der Waals surface area (Å²) in [7, 11) is 0. The molecule has 5 rings (SSSR count). The highest BCUT2D eigenvalue weighted by atomic mass is 79.9. The lowest BCUT2D eigenvalue weighted by Crippen LogP contribution is -2.44. The first kappa shape index (κ1) is 22.5. The molecule has 3 aliphatic heterocycles. The van der Waals surface area contributed by atoms with Crippen molar-refractivity contribution in [2.24, 2.45) is 5.92 Å². The average molecular weight is 515 g/mol. The average Bonchev–Trinajstić information content (AvgIpc) is 3.18. The molecule has 6 nitrogen and oxygen atoms in total. The summed E-state index contributed by atoms with van der Waals surface area (Å²) in [5.74, 6) is 2.28. The van der Waals surface area contributed by atoms with Crippen LogP contribution in [0.1, 0.15) is 24.8 Å². The number of fused-ring (bicyclic) bond motifs is 1. The lowest BCUT2D eigenvalue weighted by molar-refractivity contribution is 0.0465. The van der Waals surface area contributed by atoms with Crippen LogP contribution in [0.3, 0.4) is 0 Å². The number of carbonyl (C=O) groups excluding carboxylic acids is 1. The summed E-state index contributed by atoms with van der Waals surface area (Å²) in [6.45, 7) is 4.88. The molecule has 0 bridgehead atoms. The minimum absolute atomic E-state index is 0.0569. The van der Waals surface area contributed by atoms with Gasteiger partial charge in [0.2, 0.25) is 0 Å². The maximum Gasteiger partial charge on any atom is 0.410 e. The van der Waals surface area contributed by atoms with Gasteiger partial charge in [0, 0.05) is 17.6 Å². The van der Waals surface area contributed by atoms with E-state index in [4.69, 9.17) is 14.2 Å².